The smallest absolute Gasteiger partial charge is 0.331 e. The van der Waals surface area contributed by atoms with E-state index in [1.54, 1.807) is 48.9 Å². The van der Waals surface area contributed by atoms with E-state index in [0.717, 1.165) is 41.3 Å². The molecule has 1 aromatic carbocycles. The maximum absolute atomic E-state index is 14.5. The van der Waals surface area contributed by atoms with E-state index in [1.165, 1.54) is 10.8 Å². The van der Waals surface area contributed by atoms with Crippen LogP contribution in [-0.4, -0.2) is 115 Å². The predicted octanol–water partition coefficient (Wildman–Crippen LogP) is 5.62. The topological polar surface area (TPSA) is 160 Å². The molecule has 5 heterocycles. The lowest BCUT2D eigenvalue weighted by Gasteiger charge is -2.42. The van der Waals surface area contributed by atoms with Gasteiger partial charge in [0.05, 0.1) is 46.8 Å². The first-order valence-electron chi connectivity index (χ1n) is 20.5. The van der Waals surface area contributed by atoms with Crippen molar-refractivity contribution >= 4 is 63.2 Å². The number of carbonyl (C=O) groups is 4. The Bertz CT molecular complexity index is 2320. The van der Waals surface area contributed by atoms with Gasteiger partial charge in [0.1, 0.15) is 17.6 Å². The summed E-state index contributed by atoms with van der Waals surface area (Å²) in [5, 5.41) is 19.4. The van der Waals surface area contributed by atoms with Crippen LogP contribution >= 0.6 is 12.2 Å². The van der Waals surface area contributed by atoms with Gasteiger partial charge in [-0.3, -0.25) is 39.0 Å². The van der Waals surface area contributed by atoms with E-state index in [0.29, 0.717) is 54.6 Å². The third-order valence-electron chi connectivity index (χ3n) is 12.6. The van der Waals surface area contributed by atoms with Gasteiger partial charge in [0, 0.05) is 44.5 Å². The molecular formula is C41H46F6N10O4S. The molecule has 2 N–H and O–H groups in total. The summed E-state index contributed by atoms with van der Waals surface area (Å²) in [5.74, 6) is -2.35. The summed E-state index contributed by atoms with van der Waals surface area (Å²) in [4.78, 5) is 60.6. The number of pyridine rings is 1. The van der Waals surface area contributed by atoms with Gasteiger partial charge in [-0.1, -0.05) is 12.1 Å². The molecule has 332 valence electrons. The first-order valence-corrected chi connectivity index (χ1v) is 20.9. The number of piperazine rings is 1. The van der Waals surface area contributed by atoms with E-state index in [9.17, 15) is 45.5 Å². The van der Waals surface area contributed by atoms with Crippen LogP contribution in [0.25, 0.3) is 10.9 Å². The standard InChI is InChI=1S/C41H46F6N10O4S/c1-39(2)37(61)56(25-18-28(40(42,43)44)30(19-48)49-20-25)38(62)57(39)24-11-9-23(10-12-24)6-5-15-54-16-17-55(31(21-54)41(45,46)47)22-33(59)50-29-8-4-7-26-34(52-53(3)35(26)29)27-13-14-32(58)51-36(27)60/h4,7-8,18,20,23-24,27,31H,5-6,9-17,21-22H2,1-3H3,(H,50,59)(H,51,58,60). The molecule has 62 heavy (non-hydrogen) atoms. The van der Waals surface area contributed by atoms with E-state index in [-0.39, 0.29) is 54.6 Å². The van der Waals surface area contributed by atoms with Gasteiger partial charge >= 0.3 is 12.4 Å². The molecule has 2 aromatic heterocycles. The third kappa shape index (κ3) is 8.86. The Morgan fingerprint density at radius 1 is 1.06 bits per heavy atom. The minimum absolute atomic E-state index is 0.0234. The zero-order chi connectivity index (χ0) is 44.9. The molecule has 4 fully saturated rings. The number of fused-ring (bicyclic) bond motifs is 1. The van der Waals surface area contributed by atoms with Crippen molar-refractivity contribution in [2.75, 3.05) is 42.9 Å². The number of benzene rings is 1. The number of halogens is 6. The third-order valence-corrected chi connectivity index (χ3v) is 13.0. The Hall–Kier alpha value is -5.20. The van der Waals surface area contributed by atoms with E-state index in [4.69, 9.17) is 17.5 Å². The molecule has 2 atom stereocenters. The van der Waals surface area contributed by atoms with Crippen LogP contribution in [0.2, 0.25) is 0 Å². The number of anilines is 2. The molecule has 4 aliphatic rings. The van der Waals surface area contributed by atoms with Gasteiger partial charge in [0.2, 0.25) is 17.7 Å². The highest BCUT2D eigenvalue weighted by Crippen LogP contribution is 2.42. The van der Waals surface area contributed by atoms with E-state index in [1.807, 2.05) is 0 Å². The Balaban J connectivity index is 0.910. The molecule has 3 aromatic rings. The maximum atomic E-state index is 14.5. The van der Waals surface area contributed by atoms with Gasteiger partial charge < -0.3 is 15.1 Å². The number of para-hydroxylation sites is 1. The summed E-state index contributed by atoms with van der Waals surface area (Å²) in [7, 11) is 1.64. The number of aromatic nitrogens is 3. The number of piperidine rings is 1. The van der Waals surface area contributed by atoms with Crippen molar-refractivity contribution in [3.8, 4) is 6.07 Å². The van der Waals surface area contributed by atoms with Crippen molar-refractivity contribution in [1.82, 2.24) is 34.8 Å². The van der Waals surface area contributed by atoms with Gasteiger partial charge in [-0.2, -0.15) is 36.7 Å². The number of thiocarbonyl (C=S) groups is 1. The normalized spacial score (nSPS) is 24.1. The number of nitriles is 1. The van der Waals surface area contributed by atoms with E-state index >= 15 is 0 Å². The summed E-state index contributed by atoms with van der Waals surface area (Å²) in [6.45, 7) is 3.35. The number of carbonyl (C=O) groups excluding carboxylic acids is 4. The molecule has 0 radical (unpaired) electrons. The fraction of sp³-hybridized carbons (Fsp3) is 0.561. The zero-order valence-electron chi connectivity index (χ0n) is 34.3. The van der Waals surface area contributed by atoms with Crippen LogP contribution < -0.4 is 15.5 Å². The van der Waals surface area contributed by atoms with Gasteiger partial charge in [0.15, 0.2) is 10.8 Å². The zero-order valence-corrected chi connectivity index (χ0v) is 35.1. The lowest BCUT2D eigenvalue weighted by atomic mass is 9.82. The average Bonchev–Trinajstić information content (AvgIpc) is 3.63. The number of nitrogens with one attached hydrogen (secondary N) is 2. The SMILES string of the molecule is Cn1nc(C2CCC(=O)NC2=O)c2cccc(NC(=O)CN3CCN(CCCC4CCC(N5C(=S)N(c6cnc(C#N)c(C(F)(F)F)c6)C(=O)C5(C)C)CC4)CC3C(F)(F)F)c21. The minimum Gasteiger partial charge on any atom is -0.331 e. The second-order valence-electron chi connectivity index (χ2n) is 17.0. The van der Waals surface area contributed by atoms with Crippen LogP contribution in [0.1, 0.15) is 88.1 Å². The van der Waals surface area contributed by atoms with E-state index < -0.39 is 65.4 Å². The number of nitrogens with zero attached hydrogens (tertiary/aromatic N) is 8. The second-order valence-corrected chi connectivity index (χ2v) is 17.3. The molecule has 4 amide bonds. The van der Waals surface area contributed by atoms with Crippen molar-refractivity contribution in [3.63, 3.8) is 0 Å². The molecule has 14 nitrogen and oxygen atoms in total. The molecule has 3 aliphatic heterocycles. The van der Waals surface area contributed by atoms with Crippen molar-refractivity contribution in [1.29, 1.82) is 5.26 Å². The molecule has 0 spiro atoms. The molecule has 3 saturated heterocycles. The number of amides is 4. The fourth-order valence-electron chi connectivity index (χ4n) is 9.46. The second kappa shape index (κ2) is 17.2. The summed E-state index contributed by atoms with van der Waals surface area (Å²) in [5.41, 5.74) is -2.11. The average molecular weight is 889 g/mol. The van der Waals surface area contributed by atoms with Gasteiger partial charge in [-0.15, -0.1) is 0 Å². The van der Waals surface area contributed by atoms with Crippen LogP contribution in [0.5, 0.6) is 0 Å². The molecule has 21 heteroatoms. The summed E-state index contributed by atoms with van der Waals surface area (Å²) in [6, 6.07) is 5.15. The van der Waals surface area contributed by atoms with Gasteiger partial charge in [-0.25, -0.2) is 4.98 Å². The molecule has 1 saturated carbocycles. The van der Waals surface area contributed by atoms with Crippen molar-refractivity contribution in [2.24, 2.45) is 13.0 Å². The maximum Gasteiger partial charge on any atom is 0.419 e. The molecular weight excluding hydrogens is 843 g/mol. The minimum atomic E-state index is -4.87. The van der Waals surface area contributed by atoms with Crippen molar-refractivity contribution < 1.29 is 45.5 Å². The quantitative estimate of drug-likeness (QED) is 0.148. The highest BCUT2D eigenvalue weighted by molar-refractivity contribution is 7.80. The first kappa shape index (κ1) is 44.8. The van der Waals surface area contributed by atoms with Crippen LogP contribution in [0.4, 0.5) is 37.7 Å². The largest absolute Gasteiger partial charge is 0.419 e. The molecule has 2 unspecified atom stereocenters. The molecule has 0 bridgehead atoms. The Morgan fingerprint density at radius 2 is 1.79 bits per heavy atom. The Labute approximate surface area is 358 Å². The Morgan fingerprint density at radius 3 is 2.45 bits per heavy atom. The number of alkyl halides is 6. The van der Waals surface area contributed by atoms with Crippen molar-refractivity contribution in [3.05, 3.63) is 47.4 Å². The summed E-state index contributed by atoms with van der Waals surface area (Å²) in [6.07, 6.45) is -3.71. The highest BCUT2D eigenvalue weighted by atomic mass is 32.1. The highest BCUT2D eigenvalue weighted by Gasteiger charge is 2.53. The van der Waals surface area contributed by atoms with Crippen LogP contribution in [-0.2, 0) is 32.4 Å². The Kier molecular flexibility index (Phi) is 12.4. The number of imide groups is 1. The lowest BCUT2D eigenvalue weighted by molar-refractivity contribution is -0.197. The first-order chi connectivity index (χ1) is 29.2. The van der Waals surface area contributed by atoms with Gasteiger partial charge in [0.25, 0.3) is 5.91 Å². The number of hydrogen-bond acceptors (Lipinski definition) is 10. The van der Waals surface area contributed by atoms with Crippen LogP contribution in [0.3, 0.4) is 0 Å². The van der Waals surface area contributed by atoms with Gasteiger partial charge in [-0.05, 0) is 95.6 Å². The van der Waals surface area contributed by atoms with Crippen molar-refractivity contribution in [2.45, 2.75) is 101 Å². The molecule has 1 aliphatic carbocycles. The summed E-state index contributed by atoms with van der Waals surface area (Å²) < 4.78 is 86.1. The number of rotatable bonds is 10. The lowest BCUT2D eigenvalue weighted by Crippen LogP contribution is -2.60. The predicted molar refractivity (Wildman–Crippen MR) is 217 cm³/mol. The van der Waals surface area contributed by atoms with Crippen LogP contribution in [0.15, 0.2) is 30.5 Å². The van der Waals surface area contributed by atoms with Crippen LogP contribution in [0, 0.1) is 17.2 Å². The summed E-state index contributed by atoms with van der Waals surface area (Å²) >= 11 is 5.69. The number of aryl methyl sites for hydroxylation is 1. The number of hydrogen-bond donors (Lipinski definition) is 2. The monoisotopic (exact) mass is 888 g/mol. The fourth-order valence-corrected chi connectivity index (χ4v) is 10.0. The van der Waals surface area contributed by atoms with E-state index in [2.05, 4.69) is 20.7 Å². The molecule has 7 rings (SSSR count).